The van der Waals surface area contributed by atoms with Crippen molar-refractivity contribution in [2.24, 2.45) is 0 Å². The molecule has 0 saturated heterocycles. The summed E-state index contributed by atoms with van der Waals surface area (Å²) in [5.74, 6) is -0.966. The van der Waals surface area contributed by atoms with Gasteiger partial charge in [-0.3, -0.25) is 4.79 Å². The quantitative estimate of drug-likeness (QED) is 0.861. The highest BCUT2D eigenvalue weighted by atomic mass is 32.2. The lowest BCUT2D eigenvalue weighted by Gasteiger charge is -2.14. The number of hydrogen-bond donors (Lipinski definition) is 1. The van der Waals surface area contributed by atoms with Gasteiger partial charge >= 0.3 is 5.97 Å². The molecule has 1 unspecified atom stereocenters. The van der Waals surface area contributed by atoms with Crippen molar-refractivity contribution >= 4 is 15.8 Å². The van der Waals surface area contributed by atoms with Crippen LogP contribution in [0.3, 0.4) is 0 Å². The summed E-state index contributed by atoms with van der Waals surface area (Å²) in [5, 5.41) is 8.83. The molecule has 1 atom stereocenters. The smallest absolute Gasteiger partial charge is 0.303 e. The van der Waals surface area contributed by atoms with Crippen LogP contribution in [0, 0.1) is 0 Å². The zero-order chi connectivity index (χ0) is 13.8. The van der Waals surface area contributed by atoms with Crippen molar-refractivity contribution in [2.75, 3.05) is 5.75 Å². The Morgan fingerprint density at radius 3 is 2.50 bits per heavy atom. The zero-order valence-electron chi connectivity index (χ0n) is 10.6. The second kappa shape index (κ2) is 6.00. The fourth-order valence-corrected chi connectivity index (χ4v) is 2.77. The summed E-state index contributed by atoms with van der Waals surface area (Å²) in [6, 6.07) is 6.60. The third-order valence-corrected chi connectivity index (χ3v) is 4.71. The molecule has 0 aromatic heterocycles. The Balaban J connectivity index is 3.11. The van der Waals surface area contributed by atoms with E-state index in [4.69, 9.17) is 5.11 Å². The van der Waals surface area contributed by atoms with Crippen molar-refractivity contribution in [1.29, 1.82) is 0 Å². The molecule has 0 aliphatic rings. The van der Waals surface area contributed by atoms with E-state index in [1.807, 2.05) is 6.92 Å². The highest BCUT2D eigenvalue weighted by Gasteiger charge is 2.17. The molecule has 0 radical (unpaired) electrons. The number of carboxylic acids is 1. The molecule has 0 heterocycles. The molecule has 0 aliphatic carbocycles. The zero-order valence-corrected chi connectivity index (χ0v) is 11.4. The van der Waals surface area contributed by atoms with Gasteiger partial charge < -0.3 is 5.11 Å². The van der Waals surface area contributed by atoms with Crippen LogP contribution < -0.4 is 0 Å². The molecule has 18 heavy (non-hydrogen) atoms. The maximum Gasteiger partial charge on any atom is 0.303 e. The largest absolute Gasteiger partial charge is 0.481 e. The van der Waals surface area contributed by atoms with Crippen molar-refractivity contribution in [3.05, 3.63) is 29.8 Å². The van der Waals surface area contributed by atoms with E-state index >= 15 is 0 Å². The fraction of sp³-hybridized carbons (Fsp3) is 0.462. The van der Waals surface area contributed by atoms with Gasteiger partial charge in [0.1, 0.15) is 0 Å². The second-order valence-electron chi connectivity index (χ2n) is 4.18. The predicted octanol–water partition coefficient (Wildman–Crippen LogP) is 2.45. The van der Waals surface area contributed by atoms with Crippen molar-refractivity contribution in [2.45, 2.75) is 37.5 Å². The van der Waals surface area contributed by atoms with Gasteiger partial charge in [0.25, 0.3) is 0 Å². The summed E-state index contributed by atoms with van der Waals surface area (Å²) < 4.78 is 23.5. The SMILES string of the molecule is CCC(CC(=O)O)c1cccc(S(=O)(=O)CC)c1. The first-order valence-corrected chi connectivity index (χ1v) is 7.60. The van der Waals surface area contributed by atoms with Crippen molar-refractivity contribution in [3.8, 4) is 0 Å². The Morgan fingerprint density at radius 2 is 2.00 bits per heavy atom. The summed E-state index contributed by atoms with van der Waals surface area (Å²) in [6.45, 7) is 3.49. The summed E-state index contributed by atoms with van der Waals surface area (Å²) in [7, 11) is -3.24. The van der Waals surface area contributed by atoms with Crippen LogP contribution in [0.4, 0.5) is 0 Å². The predicted molar refractivity (Wildman–Crippen MR) is 69.5 cm³/mol. The number of rotatable bonds is 6. The first kappa shape index (κ1) is 14.7. The number of hydrogen-bond acceptors (Lipinski definition) is 3. The molecule has 0 bridgehead atoms. The molecule has 0 spiro atoms. The average molecular weight is 270 g/mol. The van der Waals surface area contributed by atoms with Gasteiger partial charge in [-0.1, -0.05) is 26.0 Å². The number of carboxylic acid groups (broad SMARTS) is 1. The maximum absolute atomic E-state index is 11.8. The van der Waals surface area contributed by atoms with E-state index in [0.29, 0.717) is 6.42 Å². The minimum Gasteiger partial charge on any atom is -0.481 e. The number of benzene rings is 1. The van der Waals surface area contributed by atoms with Crippen LogP contribution in [0.15, 0.2) is 29.2 Å². The van der Waals surface area contributed by atoms with E-state index in [9.17, 15) is 13.2 Å². The summed E-state index contributed by atoms with van der Waals surface area (Å²) in [5.41, 5.74) is 0.773. The van der Waals surface area contributed by atoms with Crippen LogP contribution in [-0.4, -0.2) is 25.2 Å². The molecule has 100 valence electrons. The Hall–Kier alpha value is -1.36. The van der Waals surface area contributed by atoms with Crippen LogP contribution in [0.25, 0.3) is 0 Å². The van der Waals surface area contributed by atoms with Gasteiger partial charge in [-0.25, -0.2) is 8.42 Å². The van der Waals surface area contributed by atoms with Gasteiger partial charge in [-0.05, 0) is 30.0 Å². The molecule has 0 saturated carbocycles. The lowest BCUT2D eigenvalue weighted by atomic mass is 9.93. The molecule has 0 aliphatic heterocycles. The highest BCUT2D eigenvalue weighted by Crippen LogP contribution is 2.25. The van der Waals surface area contributed by atoms with Gasteiger partial charge in [0.2, 0.25) is 0 Å². The monoisotopic (exact) mass is 270 g/mol. The molecular formula is C13H18O4S. The van der Waals surface area contributed by atoms with Crippen molar-refractivity contribution in [1.82, 2.24) is 0 Å². The van der Waals surface area contributed by atoms with Crippen LogP contribution in [0.2, 0.25) is 0 Å². The minimum atomic E-state index is -3.24. The lowest BCUT2D eigenvalue weighted by Crippen LogP contribution is -2.08. The Bertz CT molecular complexity index is 520. The molecule has 1 N–H and O–H groups in total. The lowest BCUT2D eigenvalue weighted by molar-refractivity contribution is -0.137. The third-order valence-electron chi connectivity index (χ3n) is 2.98. The van der Waals surface area contributed by atoms with Gasteiger partial charge in [-0.15, -0.1) is 0 Å². The second-order valence-corrected chi connectivity index (χ2v) is 6.46. The van der Waals surface area contributed by atoms with E-state index in [1.54, 1.807) is 31.2 Å². The Morgan fingerprint density at radius 1 is 1.33 bits per heavy atom. The van der Waals surface area contributed by atoms with Crippen LogP contribution in [0.5, 0.6) is 0 Å². The average Bonchev–Trinajstić information content (AvgIpc) is 2.36. The van der Waals surface area contributed by atoms with Crippen LogP contribution >= 0.6 is 0 Å². The normalized spacial score (nSPS) is 13.2. The standard InChI is InChI=1S/C13H18O4S/c1-3-10(9-13(14)15)11-6-5-7-12(8-11)18(16,17)4-2/h5-8,10H,3-4,9H2,1-2H3,(H,14,15). The first-order valence-electron chi connectivity index (χ1n) is 5.95. The molecule has 4 nitrogen and oxygen atoms in total. The summed E-state index contributed by atoms with van der Waals surface area (Å²) in [4.78, 5) is 11.0. The molecule has 0 amide bonds. The van der Waals surface area contributed by atoms with E-state index < -0.39 is 15.8 Å². The van der Waals surface area contributed by atoms with Gasteiger partial charge in [0, 0.05) is 0 Å². The topological polar surface area (TPSA) is 71.4 Å². The van der Waals surface area contributed by atoms with Crippen molar-refractivity contribution in [3.63, 3.8) is 0 Å². The van der Waals surface area contributed by atoms with Gasteiger partial charge in [0.05, 0.1) is 17.1 Å². The third kappa shape index (κ3) is 3.57. The van der Waals surface area contributed by atoms with E-state index in [-0.39, 0.29) is 23.0 Å². The molecule has 1 aromatic carbocycles. The van der Waals surface area contributed by atoms with Crippen LogP contribution in [-0.2, 0) is 14.6 Å². The van der Waals surface area contributed by atoms with E-state index in [1.165, 1.54) is 0 Å². The Labute approximate surface area is 108 Å². The van der Waals surface area contributed by atoms with Gasteiger partial charge in [-0.2, -0.15) is 0 Å². The molecule has 1 rings (SSSR count). The van der Waals surface area contributed by atoms with Crippen molar-refractivity contribution < 1.29 is 18.3 Å². The highest BCUT2D eigenvalue weighted by molar-refractivity contribution is 7.91. The molecule has 0 fully saturated rings. The summed E-state index contributed by atoms with van der Waals surface area (Å²) in [6.07, 6.45) is 0.689. The maximum atomic E-state index is 11.8. The van der Waals surface area contributed by atoms with E-state index in [2.05, 4.69) is 0 Å². The molecular weight excluding hydrogens is 252 g/mol. The number of aliphatic carboxylic acids is 1. The fourth-order valence-electron chi connectivity index (χ4n) is 1.84. The van der Waals surface area contributed by atoms with E-state index in [0.717, 1.165) is 5.56 Å². The molecule has 5 heteroatoms. The number of sulfone groups is 1. The first-order chi connectivity index (χ1) is 8.40. The Kier molecular flexibility index (Phi) is 4.90. The number of carbonyl (C=O) groups is 1. The molecule has 1 aromatic rings. The van der Waals surface area contributed by atoms with Crippen LogP contribution in [0.1, 0.15) is 38.2 Å². The summed E-state index contributed by atoms with van der Waals surface area (Å²) >= 11 is 0. The minimum absolute atomic E-state index is 0.0200. The van der Waals surface area contributed by atoms with Gasteiger partial charge in [0.15, 0.2) is 9.84 Å².